The third-order valence-electron chi connectivity index (χ3n) is 1.13. The van der Waals surface area contributed by atoms with Gasteiger partial charge < -0.3 is 0 Å². The topological polar surface area (TPSA) is 53.8 Å². The van der Waals surface area contributed by atoms with E-state index in [2.05, 4.69) is 20.9 Å². The van der Waals surface area contributed by atoms with Crippen molar-refractivity contribution >= 4 is 25.7 Å². The molecule has 11 heavy (non-hydrogen) atoms. The van der Waals surface area contributed by atoms with Crippen LogP contribution in [0.4, 0.5) is 0 Å². The van der Waals surface area contributed by atoms with Crippen molar-refractivity contribution in [1.82, 2.24) is 4.98 Å². The molecule has 0 bridgehead atoms. The molecule has 0 amide bonds. The molecule has 0 aliphatic rings. The molecule has 0 spiro atoms. The summed E-state index contributed by atoms with van der Waals surface area (Å²) < 4.78 is 19.1. The lowest BCUT2D eigenvalue weighted by Crippen LogP contribution is -1.94. The maximum atomic E-state index is 11.1. The van der Waals surface area contributed by atoms with Gasteiger partial charge in [-0.15, -0.1) is 0 Å². The Labute approximate surface area is 74.0 Å². The molecule has 1 rings (SSSR count). The molecule has 0 aromatic carbocycles. The molecule has 0 saturated carbocycles. The largest absolute Gasteiger partial charge is 0.262 e. The van der Waals surface area contributed by atoms with Gasteiger partial charge in [-0.05, 0) is 22.0 Å². The second-order valence-corrected chi connectivity index (χ2v) is 5.26. The van der Waals surface area contributed by atoms with E-state index >= 15 is 0 Å². The molecule has 1 unspecified atom stereocenters. The average molecular weight is 235 g/mol. The Hall–Kier alpha value is -0.420. The number of halogens is 1. The molecule has 0 radical (unpaired) electrons. The monoisotopic (exact) mass is 234 g/mol. The molecule has 3 nitrogen and oxygen atoms in total. The Morgan fingerprint density at radius 3 is 2.64 bits per heavy atom. The van der Waals surface area contributed by atoms with Gasteiger partial charge in [0, 0.05) is 23.1 Å². The van der Waals surface area contributed by atoms with Crippen molar-refractivity contribution in [2.45, 2.75) is 4.90 Å². The van der Waals surface area contributed by atoms with Gasteiger partial charge in [-0.25, -0.2) is 8.99 Å². The van der Waals surface area contributed by atoms with E-state index in [1.165, 1.54) is 12.5 Å². The molecule has 5 heteroatoms. The second kappa shape index (κ2) is 2.91. The molecule has 0 saturated heterocycles. The SMILES string of the molecule is CS(=N)(=O)c1cncc(Br)c1. The minimum atomic E-state index is -2.62. The smallest absolute Gasteiger partial charge is 0.0712 e. The number of nitrogens with zero attached hydrogens (tertiary/aromatic N) is 1. The predicted octanol–water partition coefficient (Wildman–Crippen LogP) is 1.88. The highest BCUT2D eigenvalue weighted by atomic mass is 79.9. The summed E-state index contributed by atoms with van der Waals surface area (Å²) in [5.74, 6) is 0. The molecular weight excluding hydrogens is 228 g/mol. The maximum absolute atomic E-state index is 11.1. The molecule has 0 aliphatic carbocycles. The highest BCUT2D eigenvalue weighted by molar-refractivity contribution is 9.10. The molecule has 1 aromatic heterocycles. The molecule has 1 N–H and O–H groups in total. The maximum Gasteiger partial charge on any atom is 0.0712 e. The molecule has 1 heterocycles. The van der Waals surface area contributed by atoms with Crippen LogP contribution in [-0.2, 0) is 9.73 Å². The summed E-state index contributed by atoms with van der Waals surface area (Å²) >= 11 is 3.18. The predicted molar refractivity (Wildman–Crippen MR) is 47.0 cm³/mol. The fourth-order valence-electron chi connectivity index (χ4n) is 0.605. The van der Waals surface area contributed by atoms with E-state index in [1.807, 2.05) is 0 Å². The number of nitrogens with one attached hydrogen (secondary N) is 1. The molecule has 1 atom stereocenters. The van der Waals surface area contributed by atoms with Crippen LogP contribution in [0.2, 0.25) is 0 Å². The van der Waals surface area contributed by atoms with Gasteiger partial charge in [0.05, 0.1) is 14.6 Å². The van der Waals surface area contributed by atoms with Crippen molar-refractivity contribution in [2.24, 2.45) is 0 Å². The van der Waals surface area contributed by atoms with Crippen molar-refractivity contribution in [3.05, 3.63) is 22.9 Å². The summed E-state index contributed by atoms with van der Waals surface area (Å²) in [4.78, 5) is 4.26. The number of rotatable bonds is 1. The van der Waals surface area contributed by atoms with Crippen molar-refractivity contribution in [3.8, 4) is 0 Å². The third-order valence-corrected chi connectivity index (χ3v) is 2.69. The van der Waals surface area contributed by atoms with Crippen LogP contribution in [0.5, 0.6) is 0 Å². The third kappa shape index (κ3) is 2.27. The van der Waals surface area contributed by atoms with E-state index in [9.17, 15) is 4.21 Å². The van der Waals surface area contributed by atoms with E-state index in [0.29, 0.717) is 4.90 Å². The van der Waals surface area contributed by atoms with Crippen LogP contribution < -0.4 is 0 Å². The van der Waals surface area contributed by atoms with E-state index in [4.69, 9.17) is 4.78 Å². The van der Waals surface area contributed by atoms with E-state index in [1.54, 1.807) is 12.3 Å². The van der Waals surface area contributed by atoms with E-state index in [0.717, 1.165) is 4.47 Å². The van der Waals surface area contributed by atoms with Crippen molar-refractivity contribution in [1.29, 1.82) is 4.78 Å². The normalized spacial score (nSPS) is 15.8. The first-order valence-corrected chi connectivity index (χ1v) is 5.60. The van der Waals surface area contributed by atoms with Crippen LogP contribution in [0.1, 0.15) is 0 Å². The number of aromatic nitrogens is 1. The van der Waals surface area contributed by atoms with Crippen molar-refractivity contribution in [2.75, 3.05) is 6.26 Å². The summed E-state index contributed by atoms with van der Waals surface area (Å²) in [7, 11) is -2.62. The summed E-state index contributed by atoms with van der Waals surface area (Å²) in [6.07, 6.45) is 4.41. The zero-order valence-corrected chi connectivity index (χ0v) is 8.28. The summed E-state index contributed by atoms with van der Waals surface area (Å²) in [5, 5.41) is 0. The quantitative estimate of drug-likeness (QED) is 0.807. The Bertz CT molecular complexity index is 361. The Morgan fingerprint density at radius 1 is 1.64 bits per heavy atom. The minimum absolute atomic E-state index is 0.451. The Morgan fingerprint density at radius 2 is 2.27 bits per heavy atom. The Kier molecular flexibility index (Phi) is 2.29. The van der Waals surface area contributed by atoms with Crippen LogP contribution in [0, 0.1) is 4.78 Å². The van der Waals surface area contributed by atoms with Gasteiger partial charge in [0.2, 0.25) is 0 Å². The van der Waals surface area contributed by atoms with Crippen molar-refractivity contribution < 1.29 is 4.21 Å². The van der Waals surface area contributed by atoms with Crippen LogP contribution >= 0.6 is 15.9 Å². The van der Waals surface area contributed by atoms with E-state index in [-0.39, 0.29) is 0 Å². The molecule has 1 aromatic rings. The zero-order chi connectivity index (χ0) is 8.48. The lowest BCUT2D eigenvalue weighted by molar-refractivity contribution is 0.678. The highest BCUT2D eigenvalue weighted by Crippen LogP contribution is 2.13. The minimum Gasteiger partial charge on any atom is -0.262 e. The van der Waals surface area contributed by atoms with Gasteiger partial charge >= 0.3 is 0 Å². The summed E-state index contributed by atoms with van der Waals surface area (Å²) in [6, 6.07) is 1.64. The summed E-state index contributed by atoms with van der Waals surface area (Å²) in [5.41, 5.74) is 0. The van der Waals surface area contributed by atoms with Gasteiger partial charge in [-0.3, -0.25) is 4.98 Å². The van der Waals surface area contributed by atoms with Crippen LogP contribution in [0.15, 0.2) is 27.8 Å². The van der Waals surface area contributed by atoms with E-state index < -0.39 is 9.73 Å². The number of pyridine rings is 1. The molecule has 0 aliphatic heterocycles. The fraction of sp³-hybridized carbons (Fsp3) is 0.167. The lowest BCUT2D eigenvalue weighted by atomic mass is 10.5. The molecular formula is C6H7BrN2OS. The zero-order valence-electron chi connectivity index (χ0n) is 5.87. The fourth-order valence-corrected chi connectivity index (χ4v) is 1.74. The van der Waals surface area contributed by atoms with Gasteiger partial charge in [0.25, 0.3) is 0 Å². The highest BCUT2D eigenvalue weighted by Gasteiger charge is 2.02. The lowest BCUT2D eigenvalue weighted by Gasteiger charge is -1.98. The van der Waals surface area contributed by atoms with Gasteiger partial charge in [0.1, 0.15) is 0 Å². The van der Waals surface area contributed by atoms with Crippen molar-refractivity contribution in [3.63, 3.8) is 0 Å². The number of hydrogen-bond acceptors (Lipinski definition) is 3. The average Bonchev–Trinajstić information content (AvgIpc) is 1.86. The molecule has 60 valence electrons. The first kappa shape index (κ1) is 8.67. The Balaban J connectivity index is 3.28. The first-order chi connectivity index (χ1) is 5.00. The van der Waals surface area contributed by atoms with Gasteiger partial charge in [-0.2, -0.15) is 0 Å². The molecule has 0 fully saturated rings. The van der Waals surface area contributed by atoms with Gasteiger partial charge in [-0.1, -0.05) is 0 Å². The first-order valence-electron chi connectivity index (χ1n) is 2.84. The number of hydrogen-bond donors (Lipinski definition) is 1. The second-order valence-electron chi connectivity index (χ2n) is 2.18. The van der Waals surface area contributed by atoms with Crippen LogP contribution in [0.25, 0.3) is 0 Å². The van der Waals surface area contributed by atoms with Gasteiger partial charge in [0.15, 0.2) is 0 Å². The summed E-state index contributed by atoms with van der Waals surface area (Å²) in [6.45, 7) is 0. The van der Waals surface area contributed by atoms with Crippen LogP contribution in [-0.4, -0.2) is 15.4 Å². The standard InChI is InChI=1S/C6H7BrN2OS/c1-11(8,10)6-2-5(7)3-9-4-6/h2-4,8H,1H3. The van der Waals surface area contributed by atoms with Crippen LogP contribution in [0.3, 0.4) is 0 Å².